The molecule has 0 bridgehead atoms. The number of piperazine rings is 1. The van der Waals surface area contributed by atoms with Crippen LogP contribution in [0.1, 0.15) is 26.7 Å². The molecule has 1 heterocycles. The number of anilines is 2. The van der Waals surface area contributed by atoms with Gasteiger partial charge in [0.1, 0.15) is 5.75 Å². The van der Waals surface area contributed by atoms with Gasteiger partial charge in [0.2, 0.25) is 5.91 Å². The van der Waals surface area contributed by atoms with Crippen LogP contribution in [-0.4, -0.2) is 49.6 Å². The molecule has 5 nitrogen and oxygen atoms in total. The Morgan fingerprint density at radius 1 is 1.10 bits per heavy atom. The van der Waals surface area contributed by atoms with Crippen LogP contribution >= 0.6 is 11.6 Å². The minimum absolute atomic E-state index is 0.0529. The molecule has 1 amide bonds. The molecule has 156 valence electrons. The zero-order valence-electron chi connectivity index (χ0n) is 17.2. The molecule has 0 spiro atoms. The van der Waals surface area contributed by atoms with Gasteiger partial charge in [-0.05, 0) is 68.3 Å². The Morgan fingerprint density at radius 2 is 1.69 bits per heavy atom. The number of amides is 1. The van der Waals surface area contributed by atoms with E-state index in [1.54, 1.807) is 24.0 Å². The third kappa shape index (κ3) is 6.20. The molecule has 6 heteroatoms. The van der Waals surface area contributed by atoms with Crippen LogP contribution in [0.3, 0.4) is 0 Å². The van der Waals surface area contributed by atoms with Crippen LogP contribution in [0.5, 0.6) is 5.75 Å². The van der Waals surface area contributed by atoms with E-state index in [9.17, 15) is 4.79 Å². The number of hydrogen-bond acceptors (Lipinski definition) is 4. The highest BCUT2D eigenvalue weighted by atomic mass is 35.5. The Labute approximate surface area is 178 Å². The molecule has 1 saturated heterocycles. The molecule has 1 unspecified atom stereocenters. The lowest BCUT2D eigenvalue weighted by Gasteiger charge is -2.32. The first-order chi connectivity index (χ1) is 14.0. The third-order valence-corrected chi connectivity index (χ3v) is 5.56. The fourth-order valence-electron chi connectivity index (χ4n) is 3.67. The summed E-state index contributed by atoms with van der Waals surface area (Å²) in [6.07, 6.45) is 2.16. The summed E-state index contributed by atoms with van der Waals surface area (Å²) < 4.78 is 5.91. The monoisotopic (exact) mass is 415 g/mol. The predicted molar refractivity (Wildman–Crippen MR) is 119 cm³/mol. The van der Waals surface area contributed by atoms with Gasteiger partial charge in [-0.2, -0.15) is 0 Å². The average Bonchev–Trinajstić information content (AvgIpc) is 2.74. The standard InChI is InChI=1S/C23H30ClN3O2/c1-18(26-15-13-25-14-16-26)4-3-17-29-23-11-9-22(10-12-23)27(19(2)28)21-7-5-20(24)6-8-21/h5-12,18,25H,3-4,13-17H2,1-2H3. The summed E-state index contributed by atoms with van der Waals surface area (Å²) in [4.78, 5) is 16.4. The molecule has 1 atom stereocenters. The summed E-state index contributed by atoms with van der Waals surface area (Å²) in [5, 5.41) is 4.04. The lowest BCUT2D eigenvalue weighted by Crippen LogP contribution is -2.47. The van der Waals surface area contributed by atoms with E-state index >= 15 is 0 Å². The van der Waals surface area contributed by atoms with Crippen molar-refractivity contribution in [2.45, 2.75) is 32.7 Å². The van der Waals surface area contributed by atoms with Crippen molar-refractivity contribution >= 4 is 28.9 Å². The average molecular weight is 416 g/mol. The largest absolute Gasteiger partial charge is 0.494 e. The van der Waals surface area contributed by atoms with Gasteiger partial charge in [-0.3, -0.25) is 14.6 Å². The highest BCUT2D eigenvalue weighted by molar-refractivity contribution is 6.30. The second-order valence-electron chi connectivity index (χ2n) is 7.45. The van der Waals surface area contributed by atoms with Crippen molar-refractivity contribution in [3.8, 4) is 5.75 Å². The van der Waals surface area contributed by atoms with Crippen LogP contribution in [0.15, 0.2) is 48.5 Å². The molecular formula is C23H30ClN3O2. The summed E-state index contributed by atoms with van der Waals surface area (Å²) in [5.41, 5.74) is 1.59. The first-order valence-corrected chi connectivity index (χ1v) is 10.7. The maximum absolute atomic E-state index is 12.2. The number of rotatable bonds is 8. The van der Waals surface area contributed by atoms with Crippen LogP contribution in [0, 0.1) is 0 Å². The molecule has 0 saturated carbocycles. The number of halogens is 1. The number of carbonyl (C=O) groups is 1. The van der Waals surface area contributed by atoms with Gasteiger partial charge >= 0.3 is 0 Å². The third-order valence-electron chi connectivity index (χ3n) is 5.30. The van der Waals surface area contributed by atoms with Gasteiger partial charge in [0.25, 0.3) is 0 Å². The Kier molecular flexibility index (Phi) is 7.92. The number of ether oxygens (including phenoxy) is 1. The molecule has 1 aliphatic rings. The minimum Gasteiger partial charge on any atom is -0.494 e. The van der Waals surface area contributed by atoms with E-state index in [1.165, 1.54) is 0 Å². The van der Waals surface area contributed by atoms with Crippen LogP contribution in [0.2, 0.25) is 5.02 Å². The molecule has 3 rings (SSSR count). The fourth-order valence-corrected chi connectivity index (χ4v) is 3.79. The number of benzene rings is 2. The lowest BCUT2D eigenvalue weighted by atomic mass is 10.1. The number of nitrogens with zero attached hydrogens (tertiary/aromatic N) is 2. The first kappa shape index (κ1) is 21.6. The Balaban J connectivity index is 1.51. The molecule has 1 aliphatic heterocycles. The number of nitrogens with one attached hydrogen (secondary N) is 1. The zero-order chi connectivity index (χ0) is 20.6. The van der Waals surface area contributed by atoms with Gasteiger partial charge in [0.15, 0.2) is 0 Å². The lowest BCUT2D eigenvalue weighted by molar-refractivity contribution is -0.115. The molecule has 29 heavy (non-hydrogen) atoms. The Morgan fingerprint density at radius 3 is 2.28 bits per heavy atom. The van der Waals surface area contributed by atoms with E-state index in [1.807, 2.05) is 36.4 Å². The zero-order valence-corrected chi connectivity index (χ0v) is 18.0. The highest BCUT2D eigenvalue weighted by Gasteiger charge is 2.16. The van der Waals surface area contributed by atoms with E-state index in [4.69, 9.17) is 16.3 Å². The second kappa shape index (κ2) is 10.6. The Bertz CT molecular complexity index is 774. The number of hydrogen-bond donors (Lipinski definition) is 1. The summed E-state index contributed by atoms with van der Waals surface area (Å²) in [7, 11) is 0. The van der Waals surface area contributed by atoms with Gasteiger partial charge in [-0.1, -0.05) is 11.6 Å². The first-order valence-electron chi connectivity index (χ1n) is 10.3. The normalized spacial score (nSPS) is 15.7. The predicted octanol–water partition coefficient (Wildman–Crippen LogP) is 4.48. The van der Waals surface area contributed by atoms with Crippen molar-refractivity contribution in [3.63, 3.8) is 0 Å². The van der Waals surface area contributed by atoms with Crippen LogP contribution < -0.4 is 15.0 Å². The SMILES string of the molecule is CC(=O)N(c1ccc(Cl)cc1)c1ccc(OCCCC(C)N2CCNCC2)cc1. The Hall–Kier alpha value is -2.08. The summed E-state index contributed by atoms with van der Waals surface area (Å²) in [6, 6.07) is 15.5. The highest BCUT2D eigenvalue weighted by Crippen LogP contribution is 2.28. The topological polar surface area (TPSA) is 44.8 Å². The van der Waals surface area contributed by atoms with E-state index in [2.05, 4.69) is 17.1 Å². The summed E-state index contributed by atoms with van der Waals surface area (Å²) in [5.74, 6) is 0.770. The van der Waals surface area contributed by atoms with Gasteiger partial charge in [0, 0.05) is 55.5 Å². The molecular weight excluding hydrogens is 386 g/mol. The maximum Gasteiger partial charge on any atom is 0.228 e. The van der Waals surface area contributed by atoms with E-state index in [0.29, 0.717) is 17.7 Å². The van der Waals surface area contributed by atoms with Crippen LogP contribution in [0.4, 0.5) is 11.4 Å². The molecule has 2 aromatic carbocycles. The second-order valence-corrected chi connectivity index (χ2v) is 7.89. The fraction of sp³-hybridized carbons (Fsp3) is 0.435. The van der Waals surface area contributed by atoms with Crippen molar-refractivity contribution in [2.24, 2.45) is 0 Å². The molecule has 1 N–H and O–H groups in total. The quantitative estimate of drug-likeness (QED) is 0.646. The van der Waals surface area contributed by atoms with Crippen molar-refractivity contribution in [2.75, 3.05) is 37.7 Å². The van der Waals surface area contributed by atoms with E-state index in [-0.39, 0.29) is 5.91 Å². The molecule has 2 aromatic rings. The molecule has 0 radical (unpaired) electrons. The van der Waals surface area contributed by atoms with E-state index < -0.39 is 0 Å². The van der Waals surface area contributed by atoms with Crippen molar-refractivity contribution < 1.29 is 9.53 Å². The summed E-state index contributed by atoms with van der Waals surface area (Å²) >= 11 is 5.96. The minimum atomic E-state index is -0.0529. The van der Waals surface area contributed by atoms with Crippen LogP contribution in [0.25, 0.3) is 0 Å². The molecule has 1 fully saturated rings. The molecule has 0 aliphatic carbocycles. The van der Waals surface area contributed by atoms with Crippen molar-refractivity contribution in [1.82, 2.24) is 10.2 Å². The van der Waals surface area contributed by atoms with E-state index in [0.717, 1.165) is 56.1 Å². The van der Waals surface area contributed by atoms with Gasteiger partial charge in [0.05, 0.1) is 6.61 Å². The van der Waals surface area contributed by atoms with Gasteiger partial charge in [-0.15, -0.1) is 0 Å². The van der Waals surface area contributed by atoms with Crippen molar-refractivity contribution in [3.05, 3.63) is 53.6 Å². The van der Waals surface area contributed by atoms with Gasteiger partial charge < -0.3 is 10.1 Å². The maximum atomic E-state index is 12.2. The van der Waals surface area contributed by atoms with Crippen LogP contribution in [-0.2, 0) is 4.79 Å². The molecule has 0 aromatic heterocycles. The summed E-state index contributed by atoms with van der Waals surface area (Å²) in [6.45, 7) is 8.98. The smallest absolute Gasteiger partial charge is 0.228 e. The van der Waals surface area contributed by atoms with Gasteiger partial charge in [-0.25, -0.2) is 0 Å². The number of carbonyl (C=O) groups excluding carboxylic acids is 1. The van der Waals surface area contributed by atoms with Crippen molar-refractivity contribution in [1.29, 1.82) is 0 Å².